The Balaban J connectivity index is 1.98. The van der Waals surface area contributed by atoms with Crippen LogP contribution in [0.25, 0.3) is 0 Å². The maximum Gasteiger partial charge on any atom is 0.123 e. The topological polar surface area (TPSA) is 35.5 Å². The molecular formula is C15H23FN2O. The Morgan fingerprint density at radius 3 is 2.42 bits per heavy atom. The molecule has 0 saturated carbocycles. The molecule has 2 rings (SSSR count). The van der Waals surface area contributed by atoms with Crippen LogP contribution in [0.3, 0.4) is 0 Å². The van der Waals surface area contributed by atoms with Crippen molar-refractivity contribution >= 4 is 5.69 Å². The standard InChI is InChI=1S/C15H23FN2O/c1-2-9-18-10-7-15(12-19,8-11-18)17-14-5-3-13(16)4-6-14/h3-6,17,19H,2,7-12H2,1H3. The maximum atomic E-state index is 12.9. The van der Waals surface area contributed by atoms with Gasteiger partial charge in [-0.15, -0.1) is 0 Å². The fourth-order valence-corrected chi connectivity index (χ4v) is 2.68. The Bertz CT molecular complexity index is 386. The number of hydrogen-bond donors (Lipinski definition) is 2. The third-order valence-corrected chi connectivity index (χ3v) is 3.91. The number of halogens is 1. The molecular weight excluding hydrogens is 243 g/mol. The summed E-state index contributed by atoms with van der Waals surface area (Å²) >= 11 is 0. The molecule has 3 nitrogen and oxygen atoms in total. The van der Waals surface area contributed by atoms with Crippen molar-refractivity contribution in [2.75, 3.05) is 31.6 Å². The molecule has 1 aromatic rings. The average molecular weight is 266 g/mol. The molecule has 0 spiro atoms. The van der Waals surface area contributed by atoms with E-state index in [2.05, 4.69) is 17.1 Å². The summed E-state index contributed by atoms with van der Waals surface area (Å²) in [7, 11) is 0. The van der Waals surface area contributed by atoms with E-state index >= 15 is 0 Å². The first kappa shape index (κ1) is 14.3. The van der Waals surface area contributed by atoms with Gasteiger partial charge in [-0.3, -0.25) is 0 Å². The van der Waals surface area contributed by atoms with Crippen molar-refractivity contribution < 1.29 is 9.50 Å². The Morgan fingerprint density at radius 2 is 1.89 bits per heavy atom. The number of nitrogens with zero attached hydrogens (tertiary/aromatic N) is 1. The van der Waals surface area contributed by atoms with Crippen molar-refractivity contribution in [3.8, 4) is 0 Å². The number of nitrogens with one attached hydrogen (secondary N) is 1. The largest absolute Gasteiger partial charge is 0.394 e. The fourth-order valence-electron chi connectivity index (χ4n) is 2.68. The van der Waals surface area contributed by atoms with E-state index in [1.54, 1.807) is 12.1 Å². The van der Waals surface area contributed by atoms with Gasteiger partial charge in [0, 0.05) is 18.8 Å². The quantitative estimate of drug-likeness (QED) is 0.859. The fraction of sp³-hybridized carbons (Fsp3) is 0.600. The molecule has 106 valence electrons. The van der Waals surface area contributed by atoms with Crippen molar-refractivity contribution in [2.45, 2.75) is 31.7 Å². The van der Waals surface area contributed by atoms with E-state index in [-0.39, 0.29) is 18.0 Å². The zero-order valence-corrected chi connectivity index (χ0v) is 11.5. The lowest BCUT2D eigenvalue weighted by atomic mass is 9.88. The third-order valence-electron chi connectivity index (χ3n) is 3.91. The molecule has 1 aliphatic rings. The molecule has 0 bridgehead atoms. The van der Waals surface area contributed by atoms with Crippen LogP contribution in [0, 0.1) is 5.82 Å². The van der Waals surface area contributed by atoms with Gasteiger partial charge in [-0.25, -0.2) is 4.39 Å². The summed E-state index contributed by atoms with van der Waals surface area (Å²) in [6.45, 7) is 5.43. The number of rotatable bonds is 5. The SMILES string of the molecule is CCCN1CCC(CO)(Nc2ccc(F)cc2)CC1. The number of benzene rings is 1. The Morgan fingerprint density at radius 1 is 1.26 bits per heavy atom. The van der Waals surface area contributed by atoms with Gasteiger partial charge in [0.15, 0.2) is 0 Å². The molecule has 1 aromatic carbocycles. The van der Waals surface area contributed by atoms with E-state index in [0.29, 0.717) is 0 Å². The van der Waals surface area contributed by atoms with E-state index in [1.165, 1.54) is 12.1 Å². The smallest absolute Gasteiger partial charge is 0.123 e. The van der Waals surface area contributed by atoms with E-state index in [4.69, 9.17) is 0 Å². The molecule has 1 aliphatic heterocycles. The third kappa shape index (κ3) is 3.67. The van der Waals surface area contributed by atoms with E-state index in [9.17, 15) is 9.50 Å². The maximum absolute atomic E-state index is 12.9. The minimum Gasteiger partial charge on any atom is -0.394 e. The molecule has 0 radical (unpaired) electrons. The molecule has 0 unspecified atom stereocenters. The lowest BCUT2D eigenvalue weighted by Gasteiger charge is -2.42. The molecule has 0 atom stereocenters. The molecule has 1 fully saturated rings. The van der Waals surface area contributed by atoms with Crippen LogP contribution in [0.15, 0.2) is 24.3 Å². The van der Waals surface area contributed by atoms with Crippen LogP contribution in [0.5, 0.6) is 0 Å². The van der Waals surface area contributed by atoms with Gasteiger partial charge < -0.3 is 15.3 Å². The van der Waals surface area contributed by atoms with E-state index in [0.717, 1.165) is 44.6 Å². The van der Waals surface area contributed by atoms with Gasteiger partial charge in [0.1, 0.15) is 5.82 Å². The highest BCUT2D eigenvalue weighted by atomic mass is 19.1. The van der Waals surface area contributed by atoms with Gasteiger partial charge in [0.2, 0.25) is 0 Å². The predicted molar refractivity (Wildman–Crippen MR) is 75.8 cm³/mol. The van der Waals surface area contributed by atoms with Gasteiger partial charge >= 0.3 is 0 Å². The first-order chi connectivity index (χ1) is 9.17. The summed E-state index contributed by atoms with van der Waals surface area (Å²) in [6.07, 6.45) is 3.00. The van der Waals surface area contributed by atoms with Crippen molar-refractivity contribution in [3.05, 3.63) is 30.1 Å². The summed E-state index contributed by atoms with van der Waals surface area (Å²) in [4.78, 5) is 2.43. The number of likely N-dealkylation sites (tertiary alicyclic amines) is 1. The van der Waals surface area contributed by atoms with Gasteiger partial charge in [0.05, 0.1) is 12.1 Å². The van der Waals surface area contributed by atoms with Crippen LogP contribution in [-0.2, 0) is 0 Å². The second-order valence-electron chi connectivity index (χ2n) is 5.41. The minimum absolute atomic E-state index is 0.115. The molecule has 2 N–H and O–H groups in total. The molecule has 1 heterocycles. The summed E-state index contributed by atoms with van der Waals surface area (Å²) < 4.78 is 12.9. The summed E-state index contributed by atoms with van der Waals surface area (Å²) in [6, 6.07) is 6.34. The molecule has 0 aromatic heterocycles. The van der Waals surface area contributed by atoms with Gasteiger partial charge in [0.25, 0.3) is 0 Å². The molecule has 0 aliphatic carbocycles. The zero-order chi connectivity index (χ0) is 13.7. The highest BCUT2D eigenvalue weighted by Crippen LogP contribution is 2.27. The second-order valence-corrected chi connectivity index (χ2v) is 5.41. The minimum atomic E-state index is -0.262. The monoisotopic (exact) mass is 266 g/mol. The summed E-state index contributed by atoms with van der Waals surface area (Å²) in [5.41, 5.74) is 0.613. The van der Waals surface area contributed by atoms with Crippen LogP contribution in [0.4, 0.5) is 10.1 Å². The first-order valence-electron chi connectivity index (χ1n) is 7.04. The zero-order valence-electron chi connectivity index (χ0n) is 11.5. The highest BCUT2D eigenvalue weighted by Gasteiger charge is 2.33. The van der Waals surface area contributed by atoms with Crippen LogP contribution in [0.2, 0.25) is 0 Å². The Hall–Kier alpha value is -1.13. The van der Waals surface area contributed by atoms with Crippen molar-refractivity contribution in [1.82, 2.24) is 4.90 Å². The van der Waals surface area contributed by atoms with Crippen LogP contribution in [-0.4, -0.2) is 41.8 Å². The predicted octanol–water partition coefficient (Wildman–Crippen LogP) is 2.47. The van der Waals surface area contributed by atoms with Crippen LogP contribution in [0.1, 0.15) is 26.2 Å². The average Bonchev–Trinajstić information content (AvgIpc) is 2.44. The number of aliphatic hydroxyl groups is 1. The van der Waals surface area contributed by atoms with Crippen molar-refractivity contribution in [1.29, 1.82) is 0 Å². The lowest BCUT2D eigenvalue weighted by molar-refractivity contribution is 0.119. The van der Waals surface area contributed by atoms with Crippen LogP contribution >= 0.6 is 0 Å². The Kier molecular flexibility index (Phi) is 4.77. The first-order valence-corrected chi connectivity index (χ1v) is 7.04. The molecule has 4 heteroatoms. The van der Waals surface area contributed by atoms with E-state index < -0.39 is 0 Å². The second kappa shape index (κ2) is 6.35. The number of piperidine rings is 1. The summed E-state index contributed by atoms with van der Waals surface area (Å²) in [5.74, 6) is -0.235. The van der Waals surface area contributed by atoms with Gasteiger partial charge in [-0.2, -0.15) is 0 Å². The van der Waals surface area contributed by atoms with E-state index in [1.807, 2.05) is 0 Å². The molecule has 1 saturated heterocycles. The number of aliphatic hydroxyl groups excluding tert-OH is 1. The molecule has 0 amide bonds. The Labute approximate surface area is 114 Å². The molecule has 19 heavy (non-hydrogen) atoms. The number of anilines is 1. The van der Waals surface area contributed by atoms with Gasteiger partial charge in [-0.1, -0.05) is 6.92 Å². The van der Waals surface area contributed by atoms with Crippen LogP contribution < -0.4 is 5.32 Å². The lowest BCUT2D eigenvalue weighted by Crippen LogP contribution is -2.51. The van der Waals surface area contributed by atoms with Gasteiger partial charge in [-0.05, 0) is 50.1 Å². The summed E-state index contributed by atoms with van der Waals surface area (Å²) in [5, 5.41) is 13.1. The van der Waals surface area contributed by atoms with Crippen molar-refractivity contribution in [2.24, 2.45) is 0 Å². The number of hydrogen-bond acceptors (Lipinski definition) is 3. The van der Waals surface area contributed by atoms with Crippen molar-refractivity contribution in [3.63, 3.8) is 0 Å². The highest BCUT2D eigenvalue weighted by molar-refractivity contribution is 5.45. The normalized spacial score (nSPS) is 19.3.